The number of carbonyl (C=O) groups is 1. The van der Waals surface area contributed by atoms with Crippen molar-refractivity contribution in [3.05, 3.63) is 42.0 Å². The number of para-hydroxylation sites is 2. The smallest absolute Gasteiger partial charge is 0.253 e. The van der Waals surface area contributed by atoms with Crippen molar-refractivity contribution in [2.24, 2.45) is 5.73 Å². The van der Waals surface area contributed by atoms with E-state index in [1.54, 1.807) is 19.2 Å². The van der Waals surface area contributed by atoms with Crippen LogP contribution in [-0.4, -0.2) is 35.6 Å². The maximum atomic E-state index is 12.6. The van der Waals surface area contributed by atoms with Crippen LogP contribution >= 0.6 is 0 Å². The number of aromatic nitrogens is 2. The van der Waals surface area contributed by atoms with Crippen molar-refractivity contribution < 1.29 is 9.53 Å². The number of fused-ring (bicyclic) bond motifs is 2. The summed E-state index contributed by atoms with van der Waals surface area (Å²) in [6, 6.07) is 10.9. The Morgan fingerprint density at radius 1 is 1.17 bits per heavy atom. The molecule has 3 aromatic rings. The second kappa shape index (κ2) is 6.80. The molecular formula is C18H20N4O2. The zero-order valence-corrected chi connectivity index (χ0v) is 13.7. The van der Waals surface area contributed by atoms with Gasteiger partial charge < -0.3 is 15.8 Å². The molecule has 124 valence electrons. The Balaban J connectivity index is 2.15. The van der Waals surface area contributed by atoms with E-state index in [2.05, 4.69) is 15.3 Å². The molecule has 0 fully saturated rings. The molecule has 0 spiro atoms. The molecule has 1 aromatic heterocycles. The topological polar surface area (TPSA) is 90.1 Å². The number of ether oxygens (including phenoxy) is 1. The van der Waals surface area contributed by atoms with Crippen molar-refractivity contribution in [3.8, 4) is 5.75 Å². The van der Waals surface area contributed by atoms with E-state index in [-0.39, 0.29) is 11.9 Å². The Hall–Kier alpha value is -2.73. The van der Waals surface area contributed by atoms with Crippen LogP contribution in [-0.2, 0) is 0 Å². The highest BCUT2D eigenvalue weighted by Gasteiger charge is 2.16. The van der Waals surface area contributed by atoms with E-state index in [4.69, 9.17) is 10.5 Å². The van der Waals surface area contributed by atoms with Gasteiger partial charge in [0, 0.05) is 12.6 Å². The van der Waals surface area contributed by atoms with Gasteiger partial charge in [0.1, 0.15) is 16.8 Å². The molecular weight excluding hydrogens is 304 g/mol. The number of rotatable bonds is 5. The first-order valence-electron chi connectivity index (χ1n) is 7.92. The van der Waals surface area contributed by atoms with Gasteiger partial charge in [-0.15, -0.1) is 0 Å². The molecule has 24 heavy (non-hydrogen) atoms. The molecule has 6 nitrogen and oxygen atoms in total. The van der Waals surface area contributed by atoms with Crippen molar-refractivity contribution in [2.75, 3.05) is 13.7 Å². The molecule has 1 heterocycles. The third kappa shape index (κ3) is 2.88. The molecule has 0 saturated carbocycles. The number of benzene rings is 2. The van der Waals surface area contributed by atoms with Gasteiger partial charge in [0.15, 0.2) is 0 Å². The van der Waals surface area contributed by atoms with Crippen LogP contribution in [0.5, 0.6) is 5.75 Å². The van der Waals surface area contributed by atoms with Crippen LogP contribution < -0.4 is 15.8 Å². The quantitative estimate of drug-likeness (QED) is 0.703. The molecule has 6 heteroatoms. The van der Waals surface area contributed by atoms with E-state index in [1.165, 1.54) is 0 Å². The molecule has 3 rings (SSSR count). The summed E-state index contributed by atoms with van der Waals surface area (Å²) in [5, 5.41) is 2.94. The van der Waals surface area contributed by atoms with Crippen molar-refractivity contribution in [2.45, 2.75) is 19.4 Å². The summed E-state index contributed by atoms with van der Waals surface area (Å²) in [4.78, 5) is 21.9. The molecule has 1 unspecified atom stereocenters. The van der Waals surface area contributed by atoms with Crippen LogP contribution in [0.4, 0.5) is 0 Å². The largest absolute Gasteiger partial charge is 0.494 e. The molecule has 1 amide bonds. The summed E-state index contributed by atoms with van der Waals surface area (Å²) in [6.45, 7) is 2.38. The maximum Gasteiger partial charge on any atom is 0.253 e. The number of methoxy groups -OCH3 is 1. The highest BCUT2D eigenvalue weighted by molar-refractivity contribution is 6.06. The molecule has 2 aromatic carbocycles. The first-order valence-corrected chi connectivity index (χ1v) is 7.92. The number of nitrogens with zero attached hydrogens (tertiary/aromatic N) is 2. The van der Waals surface area contributed by atoms with Crippen molar-refractivity contribution >= 4 is 28.0 Å². The number of hydrogen-bond acceptors (Lipinski definition) is 5. The Bertz CT molecular complexity index is 891. The van der Waals surface area contributed by atoms with Crippen LogP contribution in [0.2, 0.25) is 0 Å². The summed E-state index contributed by atoms with van der Waals surface area (Å²) >= 11 is 0. The molecule has 0 aliphatic carbocycles. The van der Waals surface area contributed by atoms with Gasteiger partial charge in [-0.2, -0.15) is 0 Å². The van der Waals surface area contributed by atoms with Gasteiger partial charge in [-0.25, -0.2) is 9.97 Å². The monoisotopic (exact) mass is 324 g/mol. The van der Waals surface area contributed by atoms with E-state index >= 15 is 0 Å². The molecule has 0 saturated heterocycles. The summed E-state index contributed by atoms with van der Waals surface area (Å²) in [7, 11) is 1.59. The normalized spacial score (nSPS) is 12.3. The molecule has 0 bridgehead atoms. The van der Waals surface area contributed by atoms with Gasteiger partial charge in [-0.1, -0.05) is 19.1 Å². The van der Waals surface area contributed by atoms with Crippen LogP contribution in [0.25, 0.3) is 22.1 Å². The SMILES string of the molecule is CCC(CN)NC(=O)c1cccc2nc3cccc(OC)c3nc12. The fraction of sp³-hybridized carbons (Fsp3) is 0.278. The second-order valence-corrected chi connectivity index (χ2v) is 5.54. The molecule has 0 radical (unpaired) electrons. The summed E-state index contributed by atoms with van der Waals surface area (Å²) in [5.74, 6) is 0.437. The van der Waals surface area contributed by atoms with Crippen LogP contribution in [0.3, 0.4) is 0 Å². The number of hydrogen-bond donors (Lipinski definition) is 2. The van der Waals surface area contributed by atoms with E-state index < -0.39 is 0 Å². The van der Waals surface area contributed by atoms with Gasteiger partial charge >= 0.3 is 0 Å². The van der Waals surface area contributed by atoms with Gasteiger partial charge in [-0.3, -0.25) is 4.79 Å². The lowest BCUT2D eigenvalue weighted by Gasteiger charge is -2.15. The van der Waals surface area contributed by atoms with E-state index in [1.807, 2.05) is 31.2 Å². The molecule has 3 N–H and O–H groups in total. The first kappa shape index (κ1) is 16.1. The standard InChI is InChI=1S/C18H20N4O2/c1-3-11(10-19)20-18(23)12-6-4-7-13-16(12)22-17-14(21-13)8-5-9-15(17)24-2/h4-9,11H,3,10,19H2,1-2H3,(H,20,23). The average Bonchev–Trinajstić information content (AvgIpc) is 2.63. The van der Waals surface area contributed by atoms with Crippen LogP contribution in [0, 0.1) is 0 Å². The lowest BCUT2D eigenvalue weighted by molar-refractivity contribution is 0.0938. The average molecular weight is 324 g/mol. The van der Waals surface area contributed by atoms with Crippen LogP contribution in [0.1, 0.15) is 23.7 Å². The number of carbonyl (C=O) groups excluding carboxylic acids is 1. The third-order valence-electron chi connectivity index (χ3n) is 4.03. The van der Waals surface area contributed by atoms with Gasteiger partial charge in [0.05, 0.1) is 23.7 Å². The number of amides is 1. The Labute approximate surface area is 140 Å². The van der Waals surface area contributed by atoms with E-state index in [0.717, 1.165) is 11.9 Å². The van der Waals surface area contributed by atoms with Gasteiger partial charge in [-0.05, 0) is 30.7 Å². The lowest BCUT2D eigenvalue weighted by Crippen LogP contribution is -2.39. The molecule has 0 aliphatic heterocycles. The summed E-state index contributed by atoms with van der Waals surface area (Å²) in [5.41, 5.74) is 8.75. The van der Waals surface area contributed by atoms with Gasteiger partial charge in [0.2, 0.25) is 0 Å². The molecule has 0 aliphatic rings. The highest BCUT2D eigenvalue weighted by atomic mass is 16.5. The van der Waals surface area contributed by atoms with Gasteiger partial charge in [0.25, 0.3) is 5.91 Å². The zero-order valence-electron chi connectivity index (χ0n) is 13.7. The number of nitrogens with two attached hydrogens (primary N) is 1. The van der Waals surface area contributed by atoms with Crippen molar-refractivity contribution in [1.29, 1.82) is 0 Å². The minimum absolute atomic E-state index is 0.0595. The Morgan fingerprint density at radius 3 is 2.54 bits per heavy atom. The highest BCUT2D eigenvalue weighted by Crippen LogP contribution is 2.26. The predicted octanol–water partition coefficient (Wildman–Crippen LogP) is 2.26. The Morgan fingerprint density at radius 2 is 1.88 bits per heavy atom. The minimum Gasteiger partial charge on any atom is -0.494 e. The lowest BCUT2D eigenvalue weighted by atomic mass is 10.1. The first-order chi connectivity index (χ1) is 11.7. The molecule has 1 atom stereocenters. The second-order valence-electron chi connectivity index (χ2n) is 5.54. The number of nitrogens with one attached hydrogen (secondary N) is 1. The van der Waals surface area contributed by atoms with E-state index in [0.29, 0.717) is 34.4 Å². The van der Waals surface area contributed by atoms with Crippen molar-refractivity contribution in [1.82, 2.24) is 15.3 Å². The summed E-state index contributed by atoms with van der Waals surface area (Å²) in [6.07, 6.45) is 0.773. The van der Waals surface area contributed by atoms with Crippen LogP contribution in [0.15, 0.2) is 36.4 Å². The minimum atomic E-state index is -0.193. The van der Waals surface area contributed by atoms with Crippen molar-refractivity contribution in [3.63, 3.8) is 0 Å². The summed E-state index contributed by atoms with van der Waals surface area (Å²) < 4.78 is 5.36. The van der Waals surface area contributed by atoms with E-state index in [9.17, 15) is 4.79 Å². The predicted molar refractivity (Wildman–Crippen MR) is 94.2 cm³/mol. The zero-order chi connectivity index (χ0) is 17.1. The Kier molecular flexibility index (Phi) is 4.57. The maximum absolute atomic E-state index is 12.6. The fourth-order valence-electron chi connectivity index (χ4n) is 2.63. The third-order valence-corrected chi connectivity index (χ3v) is 4.03. The fourth-order valence-corrected chi connectivity index (χ4v) is 2.63.